The molecule has 31 heavy (non-hydrogen) atoms. The molecule has 3 rings (SSSR count). The smallest absolute Gasteiger partial charge is 0.0677 e. The molecular weight excluding hydrogens is 388 g/mol. The monoisotopic (exact) mass is 432 g/mol. The van der Waals surface area contributed by atoms with Crippen LogP contribution in [0.1, 0.15) is 91.9 Å². The molecule has 176 valence electrons. The van der Waals surface area contributed by atoms with Crippen molar-refractivity contribution in [2.45, 2.75) is 115 Å². The average molecular weight is 433 g/mol. The summed E-state index contributed by atoms with van der Waals surface area (Å²) >= 11 is 0. The molecule has 0 aromatic heterocycles. The Hall–Kier alpha value is -0.940. The SMILES string of the molecule is C=C1CC[C@@H](O)C/C1=C/C=C1\CCC[C@@]2(C)[C@H]1CC[C@@H]2[C@](C)(O)CC(O)CC(C)(C)O. The Morgan fingerprint density at radius 3 is 2.48 bits per heavy atom. The van der Waals surface area contributed by atoms with Gasteiger partial charge in [0.05, 0.1) is 23.4 Å². The van der Waals surface area contributed by atoms with Crippen molar-refractivity contribution < 1.29 is 20.4 Å². The van der Waals surface area contributed by atoms with Crippen molar-refractivity contribution in [3.63, 3.8) is 0 Å². The molecule has 0 bridgehead atoms. The van der Waals surface area contributed by atoms with Crippen LogP contribution in [0.4, 0.5) is 0 Å². The first-order valence-corrected chi connectivity index (χ1v) is 12.2. The van der Waals surface area contributed by atoms with Gasteiger partial charge in [-0.1, -0.05) is 36.8 Å². The van der Waals surface area contributed by atoms with Crippen molar-refractivity contribution in [2.75, 3.05) is 0 Å². The van der Waals surface area contributed by atoms with Gasteiger partial charge in [0, 0.05) is 12.8 Å². The lowest BCUT2D eigenvalue weighted by atomic mass is 9.59. The van der Waals surface area contributed by atoms with Crippen LogP contribution >= 0.6 is 0 Å². The van der Waals surface area contributed by atoms with Gasteiger partial charge < -0.3 is 20.4 Å². The molecule has 4 nitrogen and oxygen atoms in total. The number of allylic oxidation sites excluding steroid dienone is 4. The number of rotatable bonds is 6. The number of fused-ring (bicyclic) bond motifs is 1. The van der Waals surface area contributed by atoms with Crippen molar-refractivity contribution >= 4 is 0 Å². The van der Waals surface area contributed by atoms with Crippen molar-refractivity contribution in [1.82, 2.24) is 0 Å². The molecule has 0 amide bonds. The Morgan fingerprint density at radius 1 is 1.10 bits per heavy atom. The van der Waals surface area contributed by atoms with Gasteiger partial charge in [-0.05, 0) is 95.0 Å². The zero-order chi connectivity index (χ0) is 23.0. The standard InChI is InChI=1S/C27H44O4/c1-18-8-11-21(28)15-20(18)10-9-19-7-6-14-26(4)23(19)12-13-24(26)27(5,31)17-22(29)16-25(2,3)30/h9-10,21-24,28-31H,1,6-8,11-17H2,2-5H3/b19-9+,20-10-/t21-,22?,23+,24+,26+,27-/m1/s1. The van der Waals surface area contributed by atoms with E-state index in [2.05, 4.69) is 25.7 Å². The van der Waals surface area contributed by atoms with Crippen LogP contribution < -0.4 is 0 Å². The van der Waals surface area contributed by atoms with Crippen LogP contribution in [-0.2, 0) is 0 Å². The predicted octanol–water partition coefficient (Wildman–Crippen LogP) is 4.82. The molecule has 0 radical (unpaired) electrons. The van der Waals surface area contributed by atoms with Gasteiger partial charge in [0.1, 0.15) is 0 Å². The molecule has 0 spiro atoms. The van der Waals surface area contributed by atoms with E-state index in [1.165, 1.54) is 11.1 Å². The molecule has 0 saturated heterocycles. The minimum atomic E-state index is -0.961. The first-order valence-electron chi connectivity index (χ1n) is 12.2. The maximum Gasteiger partial charge on any atom is 0.0677 e. The summed E-state index contributed by atoms with van der Waals surface area (Å²) in [6.07, 6.45) is 11.8. The highest BCUT2D eigenvalue weighted by molar-refractivity contribution is 5.36. The maximum absolute atomic E-state index is 11.5. The highest BCUT2D eigenvalue weighted by atomic mass is 16.3. The first kappa shape index (κ1) is 24.7. The van der Waals surface area contributed by atoms with Gasteiger partial charge in [0.25, 0.3) is 0 Å². The Kier molecular flexibility index (Phi) is 7.27. The minimum absolute atomic E-state index is 0.0175. The van der Waals surface area contributed by atoms with E-state index in [1.807, 2.05) is 6.92 Å². The molecule has 4 heteroatoms. The van der Waals surface area contributed by atoms with Gasteiger partial charge in [0.2, 0.25) is 0 Å². The van der Waals surface area contributed by atoms with Crippen LogP contribution in [0.3, 0.4) is 0 Å². The highest BCUT2D eigenvalue weighted by Gasteiger charge is 2.55. The number of hydrogen-bond acceptors (Lipinski definition) is 4. The molecule has 3 aliphatic carbocycles. The van der Waals surface area contributed by atoms with E-state index >= 15 is 0 Å². The summed E-state index contributed by atoms with van der Waals surface area (Å²) in [6.45, 7) is 11.8. The van der Waals surface area contributed by atoms with E-state index in [1.54, 1.807) is 13.8 Å². The Bertz CT molecular complexity index is 726. The third kappa shape index (κ3) is 5.71. The molecule has 0 heterocycles. The number of aliphatic hydroxyl groups excluding tert-OH is 2. The van der Waals surface area contributed by atoms with Crippen LogP contribution in [0, 0.1) is 17.3 Å². The van der Waals surface area contributed by atoms with Crippen molar-refractivity contribution in [1.29, 1.82) is 0 Å². The lowest BCUT2D eigenvalue weighted by Gasteiger charge is -2.47. The molecule has 0 aromatic carbocycles. The fourth-order valence-corrected chi connectivity index (χ4v) is 6.92. The topological polar surface area (TPSA) is 80.9 Å². The predicted molar refractivity (Wildman–Crippen MR) is 125 cm³/mol. The summed E-state index contributed by atoms with van der Waals surface area (Å²) < 4.78 is 0. The summed E-state index contributed by atoms with van der Waals surface area (Å²) in [7, 11) is 0. The lowest BCUT2D eigenvalue weighted by Crippen LogP contribution is -2.47. The van der Waals surface area contributed by atoms with E-state index in [0.717, 1.165) is 50.5 Å². The van der Waals surface area contributed by atoms with E-state index in [-0.39, 0.29) is 23.9 Å². The van der Waals surface area contributed by atoms with E-state index in [4.69, 9.17) is 0 Å². The summed E-state index contributed by atoms with van der Waals surface area (Å²) in [5.41, 5.74) is 1.90. The minimum Gasteiger partial charge on any atom is -0.393 e. The third-order valence-corrected chi connectivity index (χ3v) is 8.29. The second-order valence-corrected chi connectivity index (χ2v) is 11.7. The molecule has 3 saturated carbocycles. The van der Waals surface area contributed by atoms with E-state index < -0.39 is 17.3 Å². The largest absolute Gasteiger partial charge is 0.393 e. The van der Waals surface area contributed by atoms with E-state index in [0.29, 0.717) is 18.8 Å². The zero-order valence-electron chi connectivity index (χ0n) is 20.0. The average Bonchev–Trinajstić information content (AvgIpc) is 2.98. The van der Waals surface area contributed by atoms with Gasteiger partial charge in [-0.2, -0.15) is 0 Å². The molecule has 6 atom stereocenters. The molecule has 0 aromatic rings. The van der Waals surface area contributed by atoms with Crippen LogP contribution in [0.25, 0.3) is 0 Å². The van der Waals surface area contributed by atoms with Gasteiger partial charge >= 0.3 is 0 Å². The third-order valence-electron chi connectivity index (χ3n) is 8.29. The normalized spacial score (nSPS) is 37.7. The highest BCUT2D eigenvalue weighted by Crippen LogP contribution is 2.60. The molecule has 3 fully saturated rings. The molecule has 3 aliphatic rings. The number of hydrogen-bond donors (Lipinski definition) is 4. The van der Waals surface area contributed by atoms with Gasteiger partial charge in [-0.25, -0.2) is 0 Å². The fraction of sp³-hybridized carbons (Fsp3) is 0.778. The quantitative estimate of drug-likeness (QED) is 0.485. The lowest BCUT2D eigenvalue weighted by molar-refractivity contribution is -0.0940. The Balaban J connectivity index is 1.76. The van der Waals surface area contributed by atoms with Gasteiger partial charge in [-0.3, -0.25) is 0 Å². The molecule has 0 aliphatic heterocycles. The van der Waals surface area contributed by atoms with Gasteiger partial charge in [-0.15, -0.1) is 0 Å². The summed E-state index contributed by atoms with van der Waals surface area (Å²) in [6, 6.07) is 0. The van der Waals surface area contributed by atoms with Crippen molar-refractivity contribution in [2.24, 2.45) is 17.3 Å². The van der Waals surface area contributed by atoms with Crippen LogP contribution in [0.5, 0.6) is 0 Å². The van der Waals surface area contributed by atoms with Crippen LogP contribution in [-0.4, -0.2) is 43.8 Å². The second-order valence-electron chi connectivity index (χ2n) is 11.7. The summed E-state index contributed by atoms with van der Waals surface area (Å²) in [5, 5.41) is 42.1. The number of aliphatic hydroxyl groups is 4. The molecule has 1 unspecified atom stereocenters. The van der Waals surface area contributed by atoms with Crippen molar-refractivity contribution in [3.05, 3.63) is 35.5 Å². The second kappa shape index (κ2) is 9.13. The molecule has 4 N–H and O–H groups in total. The Labute approximate surface area is 188 Å². The first-order chi connectivity index (χ1) is 14.3. The van der Waals surface area contributed by atoms with Crippen LogP contribution in [0.2, 0.25) is 0 Å². The maximum atomic E-state index is 11.5. The van der Waals surface area contributed by atoms with Gasteiger partial charge in [0.15, 0.2) is 0 Å². The van der Waals surface area contributed by atoms with Crippen LogP contribution in [0.15, 0.2) is 35.5 Å². The van der Waals surface area contributed by atoms with E-state index in [9.17, 15) is 20.4 Å². The summed E-state index contributed by atoms with van der Waals surface area (Å²) in [4.78, 5) is 0. The fourth-order valence-electron chi connectivity index (χ4n) is 6.92. The Morgan fingerprint density at radius 2 is 1.81 bits per heavy atom. The summed E-state index contributed by atoms with van der Waals surface area (Å²) in [5.74, 6) is 0.576. The molecular formula is C27H44O4. The zero-order valence-corrected chi connectivity index (χ0v) is 20.0. The van der Waals surface area contributed by atoms with Crippen molar-refractivity contribution in [3.8, 4) is 0 Å².